The van der Waals surface area contributed by atoms with Crippen LogP contribution >= 0.6 is 11.8 Å². The van der Waals surface area contributed by atoms with Crippen LogP contribution in [-0.4, -0.2) is 29.5 Å². The van der Waals surface area contributed by atoms with Crippen molar-refractivity contribution in [1.82, 2.24) is 9.97 Å². The molecule has 0 radical (unpaired) electrons. The van der Waals surface area contributed by atoms with Gasteiger partial charge in [0.05, 0.1) is 15.7 Å². The maximum absolute atomic E-state index is 12.5. The number of benzene rings is 2. The number of para-hydroxylation sites is 1. The van der Waals surface area contributed by atoms with Crippen LogP contribution in [0.15, 0.2) is 58.5 Å². The van der Waals surface area contributed by atoms with Crippen LogP contribution in [-0.2, 0) is 14.8 Å². The van der Waals surface area contributed by atoms with Gasteiger partial charge in [-0.25, -0.2) is 23.5 Å². The standard InChI is InChI=1S/C18H18N4O3S2/c1-11(17(23)22-13-7-9-14(10-8-13)27(19,24)25)26-18-15-5-3-4-6-16(15)20-12(2)21-18/h3-11H,1-2H3,(H,22,23)(H2,19,24,25)/t11-/m0/s1. The maximum Gasteiger partial charge on any atom is 0.238 e. The Balaban J connectivity index is 1.75. The number of nitrogens with zero attached hydrogens (tertiary/aromatic N) is 2. The molecule has 1 amide bonds. The van der Waals surface area contributed by atoms with E-state index >= 15 is 0 Å². The quantitative estimate of drug-likeness (QED) is 0.501. The molecule has 0 aliphatic heterocycles. The molecule has 3 aromatic rings. The normalized spacial score (nSPS) is 12.7. The summed E-state index contributed by atoms with van der Waals surface area (Å²) in [5.74, 6) is 0.422. The van der Waals surface area contributed by atoms with E-state index in [1.807, 2.05) is 31.2 Å². The molecule has 27 heavy (non-hydrogen) atoms. The number of hydrogen-bond acceptors (Lipinski definition) is 6. The summed E-state index contributed by atoms with van der Waals surface area (Å²) in [5.41, 5.74) is 1.32. The van der Waals surface area contributed by atoms with Crippen molar-refractivity contribution in [3.63, 3.8) is 0 Å². The molecule has 0 fully saturated rings. The number of hydrogen-bond donors (Lipinski definition) is 2. The number of nitrogens with one attached hydrogen (secondary N) is 1. The molecule has 0 saturated carbocycles. The third-order valence-electron chi connectivity index (χ3n) is 3.79. The Morgan fingerprint density at radius 2 is 1.78 bits per heavy atom. The van der Waals surface area contributed by atoms with Crippen LogP contribution in [0.3, 0.4) is 0 Å². The SMILES string of the molecule is Cc1nc(S[C@@H](C)C(=O)Nc2ccc(S(N)(=O)=O)cc2)c2ccccc2n1. The number of nitrogens with two attached hydrogens (primary N) is 1. The zero-order chi connectivity index (χ0) is 19.6. The van der Waals surface area contributed by atoms with E-state index < -0.39 is 15.3 Å². The van der Waals surface area contributed by atoms with Gasteiger partial charge >= 0.3 is 0 Å². The van der Waals surface area contributed by atoms with Crippen molar-refractivity contribution in [2.45, 2.75) is 29.0 Å². The van der Waals surface area contributed by atoms with Gasteiger partial charge in [0.15, 0.2) is 0 Å². The van der Waals surface area contributed by atoms with Gasteiger partial charge in [-0.1, -0.05) is 30.0 Å². The highest BCUT2D eigenvalue weighted by atomic mass is 32.2. The third kappa shape index (κ3) is 4.62. The highest BCUT2D eigenvalue weighted by molar-refractivity contribution is 8.00. The van der Waals surface area contributed by atoms with Gasteiger partial charge in [-0.3, -0.25) is 4.79 Å². The number of anilines is 1. The first kappa shape index (κ1) is 19.3. The molecule has 0 spiro atoms. The lowest BCUT2D eigenvalue weighted by atomic mass is 10.2. The zero-order valence-electron chi connectivity index (χ0n) is 14.7. The first-order valence-electron chi connectivity index (χ1n) is 8.08. The molecule has 9 heteroatoms. The largest absolute Gasteiger partial charge is 0.325 e. The number of rotatable bonds is 5. The summed E-state index contributed by atoms with van der Waals surface area (Å²) < 4.78 is 22.6. The van der Waals surface area contributed by atoms with Crippen molar-refractivity contribution in [2.75, 3.05) is 5.32 Å². The fourth-order valence-corrected chi connectivity index (χ4v) is 3.94. The van der Waals surface area contributed by atoms with Gasteiger partial charge in [-0.15, -0.1) is 0 Å². The minimum absolute atomic E-state index is 0.00847. The fourth-order valence-electron chi connectivity index (χ4n) is 2.44. The number of thioether (sulfide) groups is 1. The van der Waals surface area contributed by atoms with E-state index in [0.717, 1.165) is 15.9 Å². The summed E-state index contributed by atoms with van der Waals surface area (Å²) in [7, 11) is -3.76. The highest BCUT2D eigenvalue weighted by Crippen LogP contribution is 2.29. The van der Waals surface area contributed by atoms with Crippen LogP contribution in [0.25, 0.3) is 10.9 Å². The van der Waals surface area contributed by atoms with Crippen LogP contribution in [0, 0.1) is 6.92 Å². The number of fused-ring (bicyclic) bond motifs is 1. The molecule has 2 aromatic carbocycles. The van der Waals surface area contributed by atoms with E-state index in [0.29, 0.717) is 11.5 Å². The van der Waals surface area contributed by atoms with Crippen molar-refractivity contribution < 1.29 is 13.2 Å². The summed E-state index contributed by atoms with van der Waals surface area (Å²) in [5, 5.41) is 9.05. The third-order valence-corrected chi connectivity index (χ3v) is 5.82. The van der Waals surface area contributed by atoms with Crippen molar-refractivity contribution in [2.24, 2.45) is 5.14 Å². The van der Waals surface area contributed by atoms with Gasteiger partial charge in [0.1, 0.15) is 10.9 Å². The van der Waals surface area contributed by atoms with E-state index in [9.17, 15) is 13.2 Å². The number of aromatic nitrogens is 2. The van der Waals surface area contributed by atoms with Crippen LogP contribution in [0.1, 0.15) is 12.7 Å². The van der Waals surface area contributed by atoms with Gasteiger partial charge in [-0.05, 0) is 44.2 Å². The molecule has 1 atom stereocenters. The van der Waals surface area contributed by atoms with Gasteiger partial charge in [0.2, 0.25) is 15.9 Å². The van der Waals surface area contributed by atoms with Gasteiger partial charge in [0, 0.05) is 11.1 Å². The van der Waals surface area contributed by atoms with E-state index in [2.05, 4.69) is 15.3 Å². The maximum atomic E-state index is 12.5. The summed E-state index contributed by atoms with van der Waals surface area (Å²) in [6, 6.07) is 13.3. The van der Waals surface area contributed by atoms with E-state index in [1.54, 1.807) is 6.92 Å². The topological polar surface area (TPSA) is 115 Å². The molecule has 0 unspecified atom stereocenters. The molecule has 7 nitrogen and oxygen atoms in total. The molecular weight excluding hydrogens is 384 g/mol. The minimum Gasteiger partial charge on any atom is -0.325 e. The van der Waals surface area contributed by atoms with Crippen LogP contribution < -0.4 is 10.5 Å². The van der Waals surface area contributed by atoms with E-state index in [4.69, 9.17) is 5.14 Å². The molecule has 1 aromatic heterocycles. The second kappa shape index (κ2) is 7.63. The van der Waals surface area contributed by atoms with Crippen molar-refractivity contribution in [3.8, 4) is 0 Å². The highest BCUT2D eigenvalue weighted by Gasteiger charge is 2.18. The molecule has 3 N–H and O–H groups in total. The first-order valence-corrected chi connectivity index (χ1v) is 10.5. The predicted molar refractivity (Wildman–Crippen MR) is 106 cm³/mol. The molecule has 140 valence electrons. The summed E-state index contributed by atoms with van der Waals surface area (Å²) in [4.78, 5) is 21.4. The number of primary sulfonamides is 1. The van der Waals surface area contributed by atoms with Gasteiger partial charge < -0.3 is 5.32 Å². The van der Waals surface area contributed by atoms with Crippen molar-refractivity contribution >= 4 is 44.3 Å². The number of aryl methyl sites for hydroxylation is 1. The molecule has 1 heterocycles. The number of amides is 1. The van der Waals surface area contributed by atoms with E-state index in [1.165, 1.54) is 36.0 Å². The molecular formula is C18H18N4O3S2. The second-order valence-corrected chi connectivity index (χ2v) is 8.80. The van der Waals surface area contributed by atoms with Gasteiger partial charge in [-0.2, -0.15) is 0 Å². The zero-order valence-corrected chi connectivity index (χ0v) is 16.3. The minimum atomic E-state index is -3.76. The Morgan fingerprint density at radius 3 is 2.44 bits per heavy atom. The summed E-state index contributed by atoms with van der Waals surface area (Å²) in [6.45, 7) is 3.60. The van der Waals surface area contributed by atoms with Crippen LogP contribution in [0.4, 0.5) is 5.69 Å². The fraction of sp³-hybridized carbons (Fsp3) is 0.167. The second-order valence-electron chi connectivity index (χ2n) is 5.91. The molecule has 3 rings (SSSR count). The van der Waals surface area contributed by atoms with Crippen molar-refractivity contribution in [3.05, 3.63) is 54.4 Å². The lowest BCUT2D eigenvalue weighted by Gasteiger charge is -2.13. The van der Waals surface area contributed by atoms with Gasteiger partial charge in [0.25, 0.3) is 0 Å². The van der Waals surface area contributed by atoms with Crippen molar-refractivity contribution in [1.29, 1.82) is 0 Å². The lowest BCUT2D eigenvalue weighted by Crippen LogP contribution is -2.22. The average Bonchev–Trinajstić information content (AvgIpc) is 2.61. The smallest absolute Gasteiger partial charge is 0.238 e. The number of sulfonamides is 1. The lowest BCUT2D eigenvalue weighted by molar-refractivity contribution is -0.115. The number of carbonyl (C=O) groups is 1. The average molecular weight is 403 g/mol. The first-order chi connectivity index (χ1) is 12.7. The Kier molecular flexibility index (Phi) is 5.45. The predicted octanol–water partition coefficient (Wildman–Crippen LogP) is 2.70. The Labute approximate surface area is 161 Å². The summed E-state index contributed by atoms with van der Waals surface area (Å²) in [6.07, 6.45) is 0. The Hall–Kier alpha value is -2.49. The van der Waals surface area contributed by atoms with Crippen LogP contribution in [0.5, 0.6) is 0 Å². The van der Waals surface area contributed by atoms with Crippen LogP contribution in [0.2, 0.25) is 0 Å². The monoisotopic (exact) mass is 402 g/mol. The number of carbonyl (C=O) groups excluding carboxylic acids is 1. The molecule has 0 aliphatic carbocycles. The van der Waals surface area contributed by atoms with E-state index in [-0.39, 0.29) is 10.8 Å². The Bertz CT molecular complexity index is 1100. The molecule has 0 bridgehead atoms. The molecule has 0 aliphatic rings. The Morgan fingerprint density at radius 1 is 1.11 bits per heavy atom. The summed E-state index contributed by atoms with van der Waals surface area (Å²) >= 11 is 1.34. The molecule has 0 saturated heterocycles.